The van der Waals surface area contributed by atoms with Gasteiger partial charge in [-0.25, -0.2) is 0 Å². The fraction of sp³-hybridized carbons (Fsp3) is 0.650. The fourth-order valence-corrected chi connectivity index (χ4v) is 3.24. The molecule has 148 valence electrons. The molecule has 0 saturated carbocycles. The predicted octanol–water partition coefficient (Wildman–Crippen LogP) is 3.19. The Labute approximate surface area is 175 Å². The fourth-order valence-electron chi connectivity index (χ4n) is 3.24. The molecule has 1 aromatic carbocycles. The van der Waals surface area contributed by atoms with Gasteiger partial charge in [-0.2, -0.15) is 0 Å². The van der Waals surface area contributed by atoms with Gasteiger partial charge in [0.25, 0.3) is 0 Å². The molecule has 26 heavy (non-hydrogen) atoms. The van der Waals surface area contributed by atoms with Crippen molar-refractivity contribution >= 4 is 29.9 Å². The summed E-state index contributed by atoms with van der Waals surface area (Å²) in [5.74, 6) is 1.76. The minimum atomic E-state index is 0. The second kappa shape index (κ2) is 14.2. The summed E-state index contributed by atoms with van der Waals surface area (Å²) in [5.41, 5.74) is 1.44. The van der Waals surface area contributed by atoms with Crippen LogP contribution in [-0.4, -0.2) is 64.5 Å². The molecule has 2 rings (SSSR count). The number of rotatable bonds is 10. The van der Waals surface area contributed by atoms with Gasteiger partial charge in [-0.3, -0.25) is 4.99 Å². The lowest BCUT2D eigenvalue weighted by Gasteiger charge is -2.21. The topological polar surface area (TPSA) is 46.1 Å². The number of nitrogens with one attached hydrogen (secondary N) is 1. The molecule has 1 saturated heterocycles. The number of ether oxygens (including phenoxy) is 2. The van der Waals surface area contributed by atoms with Gasteiger partial charge in [0.15, 0.2) is 5.96 Å². The van der Waals surface area contributed by atoms with Gasteiger partial charge in [-0.05, 0) is 37.2 Å². The number of methoxy groups -OCH3 is 1. The van der Waals surface area contributed by atoms with Crippen LogP contribution in [0.2, 0.25) is 0 Å². The standard InChI is InChI=1S/C20H33N3O2.HI/c1-21-20(22-11-6-7-13-25-15-14-24-2)23-12-10-19(17-23)16-18-8-4-3-5-9-18;/h3-5,8-9,19H,6-7,10-17H2,1-2H3,(H,21,22);1H. The summed E-state index contributed by atoms with van der Waals surface area (Å²) in [6.45, 7) is 5.28. The Kier molecular flexibility index (Phi) is 12.7. The Morgan fingerprint density at radius 3 is 2.73 bits per heavy atom. The number of benzene rings is 1. The summed E-state index contributed by atoms with van der Waals surface area (Å²) in [6.07, 6.45) is 4.55. The third-order valence-corrected chi connectivity index (χ3v) is 4.59. The normalized spacial score (nSPS) is 17.2. The first-order valence-corrected chi connectivity index (χ1v) is 9.39. The quantitative estimate of drug-likeness (QED) is 0.245. The summed E-state index contributed by atoms with van der Waals surface area (Å²) in [5, 5.41) is 3.49. The average molecular weight is 475 g/mol. The van der Waals surface area contributed by atoms with Gasteiger partial charge in [0, 0.05) is 40.4 Å². The second-order valence-electron chi connectivity index (χ2n) is 6.58. The highest BCUT2D eigenvalue weighted by atomic mass is 127. The van der Waals surface area contributed by atoms with E-state index < -0.39 is 0 Å². The zero-order chi connectivity index (χ0) is 17.7. The van der Waals surface area contributed by atoms with Crippen LogP contribution >= 0.6 is 24.0 Å². The summed E-state index contributed by atoms with van der Waals surface area (Å²) in [6, 6.07) is 10.8. The Bertz CT molecular complexity index is 499. The number of unbranched alkanes of at least 4 members (excludes halogenated alkanes) is 1. The van der Waals surface area contributed by atoms with Crippen molar-refractivity contribution in [1.82, 2.24) is 10.2 Å². The van der Waals surface area contributed by atoms with Gasteiger partial charge < -0.3 is 19.7 Å². The van der Waals surface area contributed by atoms with E-state index in [0.717, 1.165) is 57.4 Å². The molecule has 1 atom stereocenters. The van der Waals surface area contributed by atoms with E-state index in [9.17, 15) is 0 Å². The molecule has 6 heteroatoms. The Hall–Kier alpha value is -0.860. The van der Waals surface area contributed by atoms with Crippen LogP contribution in [0.15, 0.2) is 35.3 Å². The Morgan fingerprint density at radius 2 is 2.00 bits per heavy atom. The molecule has 5 nitrogen and oxygen atoms in total. The molecule has 0 radical (unpaired) electrons. The number of hydrogen-bond donors (Lipinski definition) is 1. The molecule has 0 amide bonds. The minimum Gasteiger partial charge on any atom is -0.382 e. The molecular weight excluding hydrogens is 441 g/mol. The van der Waals surface area contributed by atoms with Crippen LogP contribution in [0.25, 0.3) is 0 Å². The first-order chi connectivity index (χ1) is 12.3. The molecule has 0 aromatic heterocycles. The molecular formula is C20H34IN3O2. The van der Waals surface area contributed by atoms with E-state index in [1.54, 1.807) is 7.11 Å². The second-order valence-corrected chi connectivity index (χ2v) is 6.58. The third-order valence-electron chi connectivity index (χ3n) is 4.59. The largest absolute Gasteiger partial charge is 0.382 e. The monoisotopic (exact) mass is 475 g/mol. The Morgan fingerprint density at radius 1 is 1.19 bits per heavy atom. The van der Waals surface area contributed by atoms with E-state index in [0.29, 0.717) is 13.2 Å². The zero-order valence-corrected chi connectivity index (χ0v) is 18.5. The number of nitrogens with zero attached hydrogens (tertiary/aromatic N) is 2. The molecule has 1 fully saturated rings. The number of halogens is 1. The van der Waals surface area contributed by atoms with E-state index >= 15 is 0 Å². The number of likely N-dealkylation sites (tertiary alicyclic amines) is 1. The molecule has 1 unspecified atom stereocenters. The van der Waals surface area contributed by atoms with Crippen LogP contribution in [0, 0.1) is 5.92 Å². The molecule has 0 aliphatic carbocycles. The number of guanidine groups is 1. The molecule has 1 N–H and O–H groups in total. The van der Waals surface area contributed by atoms with E-state index in [1.165, 1.54) is 12.0 Å². The Balaban J connectivity index is 0.00000338. The zero-order valence-electron chi connectivity index (χ0n) is 16.2. The van der Waals surface area contributed by atoms with Crippen molar-refractivity contribution in [3.63, 3.8) is 0 Å². The van der Waals surface area contributed by atoms with Crippen molar-refractivity contribution in [3.05, 3.63) is 35.9 Å². The maximum Gasteiger partial charge on any atom is 0.193 e. The van der Waals surface area contributed by atoms with Crippen molar-refractivity contribution in [2.75, 3.05) is 53.6 Å². The van der Waals surface area contributed by atoms with Crippen molar-refractivity contribution in [2.24, 2.45) is 10.9 Å². The maximum atomic E-state index is 5.48. The van der Waals surface area contributed by atoms with Crippen LogP contribution in [0.3, 0.4) is 0 Å². The van der Waals surface area contributed by atoms with Crippen molar-refractivity contribution in [3.8, 4) is 0 Å². The highest BCUT2D eigenvalue weighted by molar-refractivity contribution is 14.0. The lowest BCUT2D eigenvalue weighted by molar-refractivity contribution is 0.0689. The maximum absolute atomic E-state index is 5.48. The van der Waals surface area contributed by atoms with Crippen molar-refractivity contribution in [2.45, 2.75) is 25.7 Å². The minimum absolute atomic E-state index is 0. The van der Waals surface area contributed by atoms with Crippen molar-refractivity contribution in [1.29, 1.82) is 0 Å². The van der Waals surface area contributed by atoms with E-state index in [-0.39, 0.29) is 24.0 Å². The molecule has 1 aromatic rings. The first-order valence-electron chi connectivity index (χ1n) is 9.39. The van der Waals surface area contributed by atoms with Crippen LogP contribution < -0.4 is 5.32 Å². The highest BCUT2D eigenvalue weighted by Gasteiger charge is 2.24. The van der Waals surface area contributed by atoms with E-state index in [4.69, 9.17) is 9.47 Å². The summed E-state index contributed by atoms with van der Waals surface area (Å²) < 4.78 is 10.4. The number of aliphatic imine (C=N–C) groups is 1. The van der Waals surface area contributed by atoms with Crippen molar-refractivity contribution < 1.29 is 9.47 Å². The highest BCUT2D eigenvalue weighted by Crippen LogP contribution is 2.20. The number of hydrogen-bond acceptors (Lipinski definition) is 3. The predicted molar refractivity (Wildman–Crippen MR) is 119 cm³/mol. The SMILES string of the molecule is CN=C(NCCCCOCCOC)N1CCC(Cc2ccccc2)C1.I. The molecule has 0 spiro atoms. The van der Waals surface area contributed by atoms with Gasteiger partial charge in [0.2, 0.25) is 0 Å². The molecule has 0 bridgehead atoms. The summed E-state index contributed by atoms with van der Waals surface area (Å²) >= 11 is 0. The van der Waals surface area contributed by atoms with Crippen LogP contribution in [-0.2, 0) is 15.9 Å². The molecule has 1 aliphatic rings. The van der Waals surface area contributed by atoms with Gasteiger partial charge in [-0.1, -0.05) is 30.3 Å². The third kappa shape index (κ3) is 8.68. The van der Waals surface area contributed by atoms with Crippen LogP contribution in [0.5, 0.6) is 0 Å². The van der Waals surface area contributed by atoms with Gasteiger partial charge >= 0.3 is 0 Å². The smallest absolute Gasteiger partial charge is 0.193 e. The first kappa shape index (κ1) is 23.2. The van der Waals surface area contributed by atoms with Crippen LogP contribution in [0.4, 0.5) is 0 Å². The lowest BCUT2D eigenvalue weighted by Crippen LogP contribution is -2.40. The van der Waals surface area contributed by atoms with E-state index in [1.807, 2.05) is 7.05 Å². The van der Waals surface area contributed by atoms with Gasteiger partial charge in [-0.15, -0.1) is 24.0 Å². The van der Waals surface area contributed by atoms with Crippen LogP contribution in [0.1, 0.15) is 24.8 Å². The summed E-state index contributed by atoms with van der Waals surface area (Å²) in [4.78, 5) is 6.85. The lowest BCUT2D eigenvalue weighted by atomic mass is 9.99. The van der Waals surface area contributed by atoms with Gasteiger partial charge in [0.05, 0.1) is 13.2 Å². The molecule has 1 aliphatic heterocycles. The van der Waals surface area contributed by atoms with Gasteiger partial charge in [0.1, 0.15) is 0 Å². The molecule has 1 heterocycles. The average Bonchev–Trinajstić information content (AvgIpc) is 3.09. The summed E-state index contributed by atoms with van der Waals surface area (Å²) in [7, 11) is 3.57. The van der Waals surface area contributed by atoms with E-state index in [2.05, 4.69) is 45.5 Å².